The number of nitrogens with two attached hydrogens (primary N) is 1. The van der Waals surface area contributed by atoms with Gasteiger partial charge in [0.25, 0.3) is 0 Å². The molecule has 0 aromatic heterocycles. The van der Waals surface area contributed by atoms with Gasteiger partial charge in [-0.1, -0.05) is 12.1 Å². The number of hydrogen-bond acceptors (Lipinski definition) is 3. The lowest BCUT2D eigenvalue weighted by atomic mass is 10.1. The zero-order valence-corrected chi connectivity index (χ0v) is 11.3. The number of carbonyl (C=O) groups is 1. The second kappa shape index (κ2) is 5.57. The average Bonchev–Trinajstić information content (AvgIpc) is 2.75. The molecule has 0 saturated carbocycles. The zero-order valence-electron chi connectivity index (χ0n) is 11.3. The highest BCUT2D eigenvalue weighted by Gasteiger charge is 2.27. The number of para-hydroxylation sites is 1. The Bertz CT molecular complexity index is 476. The number of halogens is 1. The third kappa shape index (κ3) is 3.04. The van der Waals surface area contributed by atoms with Crippen LogP contribution in [-0.2, 0) is 4.79 Å². The fourth-order valence-electron chi connectivity index (χ4n) is 2.60. The van der Waals surface area contributed by atoms with E-state index in [1.165, 1.54) is 13.0 Å². The van der Waals surface area contributed by atoms with Gasteiger partial charge in [-0.15, -0.1) is 0 Å². The van der Waals surface area contributed by atoms with Gasteiger partial charge < -0.3 is 16.0 Å². The van der Waals surface area contributed by atoms with Crippen LogP contribution in [-0.4, -0.2) is 25.0 Å². The summed E-state index contributed by atoms with van der Waals surface area (Å²) in [5, 5.41) is 2.88. The molecule has 1 aromatic carbocycles. The lowest BCUT2D eigenvalue weighted by Gasteiger charge is -2.24. The minimum Gasteiger partial charge on any atom is -0.367 e. The first-order chi connectivity index (χ1) is 8.99. The van der Waals surface area contributed by atoms with E-state index in [-0.39, 0.29) is 23.8 Å². The first-order valence-corrected chi connectivity index (χ1v) is 6.55. The van der Waals surface area contributed by atoms with Gasteiger partial charge in [-0.2, -0.15) is 0 Å². The highest BCUT2D eigenvalue weighted by molar-refractivity contribution is 5.73. The fraction of sp³-hybridized carbons (Fsp3) is 0.500. The van der Waals surface area contributed by atoms with Crippen molar-refractivity contribution in [1.29, 1.82) is 0 Å². The van der Waals surface area contributed by atoms with Crippen molar-refractivity contribution in [3.05, 3.63) is 29.6 Å². The maximum atomic E-state index is 14.1. The van der Waals surface area contributed by atoms with Crippen LogP contribution in [0.3, 0.4) is 0 Å². The molecule has 5 heteroatoms. The Morgan fingerprint density at radius 1 is 1.58 bits per heavy atom. The van der Waals surface area contributed by atoms with E-state index in [4.69, 9.17) is 5.73 Å². The molecule has 3 N–H and O–H groups in total. The number of hydrogen-bond donors (Lipinski definition) is 2. The van der Waals surface area contributed by atoms with E-state index < -0.39 is 0 Å². The van der Waals surface area contributed by atoms with Crippen molar-refractivity contribution in [3.8, 4) is 0 Å². The summed E-state index contributed by atoms with van der Waals surface area (Å²) < 4.78 is 14.1. The van der Waals surface area contributed by atoms with Crippen LogP contribution in [0.1, 0.15) is 31.9 Å². The molecule has 1 unspecified atom stereocenters. The summed E-state index contributed by atoms with van der Waals surface area (Å²) in [7, 11) is 0. The van der Waals surface area contributed by atoms with Gasteiger partial charge in [0.1, 0.15) is 5.82 Å². The average molecular weight is 265 g/mol. The zero-order chi connectivity index (χ0) is 14.0. The van der Waals surface area contributed by atoms with Gasteiger partial charge in [0.2, 0.25) is 5.91 Å². The first kappa shape index (κ1) is 13.8. The minimum atomic E-state index is -0.252. The smallest absolute Gasteiger partial charge is 0.217 e. The van der Waals surface area contributed by atoms with Crippen molar-refractivity contribution in [2.45, 2.75) is 32.4 Å². The van der Waals surface area contributed by atoms with Gasteiger partial charge in [0.15, 0.2) is 0 Å². The Morgan fingerprint density at radius 3 is 2.95 bits per heavy atom. The predicted octanol–water partition coefficient (Wildman–Crippen LogP) is 1.56. The van der Waals surface area contributed by atoms with Gasteiger partial charge in [-0.3, -0.25) is 4.79 Å². The Labute approximate surface area is 112 Å². The molecular weight excluding hydrogens is 245 g/mol. The van der Waals surface area contributed by atoms with Crippen molar-refractivity contribution < 1.29 is 9.18 Å². The predicted molar refractivity (Wildman–Crippen MR) is 73.4 cm³/mol. The summed E-state index contributed by atoms with van der Waals surface area (Å²) in [6.07, 6.45) is 0.826. The van der Waals surface area contributed by atoms with Crippen molar-refractivity contribution in [2.24, 2.45) is 5.73 Å². The number of carbonyl (C=O) groups excluding carboxylic acids is 1. The normalized spacial score (nSPS) is 20.4. The number of nitrogens with one attached hydrogen (secondary N) is 1. The number of nitrogens with zero attached hydrogens (tertiary/aromatic N) is 1. The molecule has 1 fully saturated rings. The van der Waals surface area contributed by atoms with Crippen LogP contribution in [0.25, 0.3) is 0 Å². The Kier molecular flexibility index (Phi) is 4.04. The summed E-state index contributed by atoms with van der Waals surface area (Å²) in [5.74, 6) is -0.300. The largest absolute Gasteiger partial charge is 0.367 e. The lowest BCUT2D eigenvalue weighted by molar-refractivity contribution is -0.119. The Balaban J connectivity index is 2.21. The van der Waals surface area contributed by atoms with E-state index in [2.05, 4.69) is 5.32 Å². The molecule has 104 valence electrons. The number of anilines is 1. The van der Waals surface area contributed by atoms with Crippen molar-refractivity contribution in [2.75, 3.05) is 18.0 Å². The molecule has 2 atom stereocenters. The molecule has 19 heavy (non-hydrogen) atoms. The maximum Gasteiger partial charge on any atom is 0.217 e. The topological polar surface area (TPSA) is 58.4 Å². The second-order valence-electron chi connectivity index (χ2n) is 5.10. The van der Waals surface area contributed by atoms with Crippen LogP contribution < -0.4 is 16.0 Å². The highest BCUT2D eigenvalue weighted by atomic mass is 19.1. The summed E-state index contributed by atoms with van der Waals surface area (Å²) in [6, 6.07) is 4.85. The Hall–Kier alpha value is -1.62. The minimum absolute atomic E-state index is 0.0483. The first-order valence-electron chi connectivity index (χ1n) is 6.55. The summed E-state index contributed by atoms with van der Waals surface area (Å²) >= 11 is 0. The van der Waals surface area contributed by atoms with E-state index in [0.717, 1.165) is 18.5 Å². The maximum absolute atomic E-state index is 14.1. The molecule has 0 spiro atoms. The summed E-state index contributed by atoms with van der Waals surface area (Å²) in [4.78, 5) is 13.0. The van der Waals surface area contributed by atoms with Crippen LogP contribution in [0.5, 0.6) is 0 Å². The number of amides is 1. The van der Waals surface area contributed by atoms with E-state index >= 15 is 0 Å². The van der Waals surface area contributed by atoms with E-state index in [1.54, 1.807) is 6.07 Å². The molecule has 0 bridgehead atoms. The molecule has 1 heterocycles. The lowest BCUT2D eigenvalue weighted by Crippen LogP contribution is -2.36. The van der Waals surface area contributed by atoms with E-state index in [9.17, 15) is 9.18 Å². The van der Waals surface area contributed by atoms with Crippen molar-refractivity contribution in [3.63, 3.8) is 0 Å². The molecule has 1 aliphatic heterocycles. The fourth-order valence-corrected chi connectivity index (χ4v) is 2.60. The van der Waals surface area contributed by atoms with Crippen molar-refractivity contribution >= 4 is 11.6 Å². The molecule has 1 aromatic rings. The van der Waals surface area contributed by atoms with Gasteiger partial charge >= 0.3 is 0 Å². The molecule has 1 saturated heterocycles. The molecule has 4 nitrogen and oxygen atoms in total. The number of rotatable bonds is 3. The number of benzene rings is 1. The standard InChI is InChI=1S/C14H20FN3O/c1-9(16)12-4-3-5-13(15)14(12)18-7-6-11(8-18)17-10(2)19/h3-5,9,11H,6-8,16H2,1-2H3,(H,17,19)/t9-,11?/m0/s1. The van der Waals surface area contributed by atoms with Gasteiger partial charge in [0, 0.05) is 32.1 Å². The molecule has 0 aliphatic carbocycles. The summed E-state index contributed by atoms with van der Waals surface area (Å²) in [5.41, 5.74) is 7.29. The van der Waals surface area contributed by atoms with E-state index in [1.807, 2.05) is 17.9 Å². The van der Waals surface area contributed by atoms with Crippen LogP contribution in [0.2, 0.25) is 0 Å². The van der Waals surface area contributed by atoms with Crippen molar-refractivity contribution in [1.82, 2.24) is 5.32 Å². The van der Waals surface area contributed by atoms with E-state index in [0.29, 0.717) is 12.2 Å². The van der Waals surface area contributed by atoms with Gasteiger partial charge in [-0.25, -0.2) is 4.39 Å². The third-order valence-corrected chi connectivity index (χ3v) is 3.42. The van der Waals surface area contributed by atoms with Gasteiger partial charge in [0.05, 0.1) is 5.69 Å². The van der Waals surface area contributed by atoms with Gasteiger partial charge in [-0.05, 0) is 25.0 Å². The second-order valence-corrected chi connectivity index (χ2v) is 5.10. The van der Waals surface area contributed by atoms with Crippen LogP contribution in [0.4, 0.5) is 10.1 Å². The molecule has 1 aliphatic rings. The Morgan fingerprint density at radius 2 is 2.32 bits per heavy atom. The SMILES string of the molecule is CC(=O)NC1CCN(c2c(F)cccc2[C@H](C)N)C1. The van der Waals surface area contributed by atoms with Crippen LogP contribution in [0, 0.1) is 5.82 Å². The monoisotopic (exact) mass is 265 g/mol. The molecule has 0 radical (unpaired) electrons. The van der Waals surface area contributed by atoms with Crippen LogP contribution >= 0.6 is 0 Å². The molecular formula is C14H20FN3O. The summed E-state index contributed by atoms with van der Waals surface area (Å²) in [6.45, 7) is 4.70. The molecule has 2 rings (SSSR count). The quantitative estimate of drug-likeness (QED) is 0.872. The third-order valence-electron chi connectivity index (χ3n) is 3.42. The molecule has 1 amide bonds. The highest BCUT2D eigenvalue weighted by Crippen LogP contribution is 2.30. The van der Waals surface area contributed by atoms with Crippen LogP contribution in [0.15, 0.2) is 18.2 Å².